The fourth-order valence-electron chi connectivity index (χ4n) is 3.37. The second kappa shape index (κ2) is 6.61. The Kier molecular flexibility index (Phi) is 4.57. The van der Waals surface area contributed by atoms with Gasteiger partial charge in [0, 0.05) is 37.7 Å². The smallest absolute Gasteiger partial charge is 0.253 e. The lowest BCUT2D eigenvalue weighted by Crippen LogP contribution is -2.32. The van der Waals surface area contributed by atoms with Gasteiger partial charge in [-0.05, 0) is 43.7 Å². The number of ether oxygens (including phenoxy) is 1. The van der Waals surface area contributed by atoms with Crippen molar-refractivity contribution in [2.24, 2.45) is 0 Å². The van der Waals surface area contributed by atoms with Crippen molar-refractivity contribution in [2.75, 3.05) is 20.2 Å². The van der Waals surface area contributed by atoms with Gasteiger partial charge in [-0.25, -0.2) is 0 Å². The summed E-state index contributed by atoms with van der Waals surface area (Å²) < 4.78 is 5.72. The van der Waals surface area contributed by atoms with Gasteiger partial charge in [-0.2, -0.15) is 0 Å². The monoisotopic (exact) mass is 301 g/mol. The highest BCUT2D eigenvalue weighted by Crippen LogP contribution is 2.26. The highest BCUT2D eigenvalue weighted by atomic mass is 16.5. The Balaban J connectivity index is 1.65. The Hall–Kier alpha value is -1.68. The quantitative estimate of drug-likeness (QED) is 0.859. The number of carbonyl (C=O) groups excluding carboxylic acids is 2. The second-order valence-electron chi connectivity index (χ2n) is 6.26. The van der Waals surface area contributed by atoms with Crippen molar-refractivity contribution >= 4 is 11.7 Å². The molecule has 0 N–H and O–H groups in total. The van der Waals surface area contributed by atoms with E-state index in [0.717, 1.165) is 37.0 Å². The van der Waals surface area contributed by atoms with Crippen LogP contribution in [0.4, 0.5) is 0 Å². The maximum Gasteiger partial charge on any atom is 0.253 e. The molecule has 0 saturated carbocycles. The van der Waals surface area contributed by atoms with Crippen molar-refractivity contribution in [3.05, 3.63) is 34.9 Å². The summed E-state index contributed by atoms with van der Waals surface area (Å²) in [5.74, 6) is 0.172. The van der Waals surface area contributed by atoms with E-state index in [9.17, 15) is 9.59 Å². The van der Waals surface area contributed by atoms with Gasteiger partial charge in [0.15, 0.2) is 5.78 Å². The van der Waals surface area contributed by atoms with E-state index in [4.69, 9.17) is 4.74 Å². The molecule has 2 aliphatic rings. The number of hydrogen-bond acceptors (Lipinski definition) is 3. The van der Waals surface area contributed by atoms with Crippen LogP contribution < -0.4 is 0 Å². The first-order chi connectivity index (χ1) is 10.7. The van der Waals surface area contributed by atoms with Crippen molar-refractivity contribution in [1.29, 1.82) is 0 Å². The van der Waals surface area contributed by atoms with Gasteiger partial charge in [0.1, 0.15) is 0 Å². The van der Waals surface area contributed by atoms with Crippen LogP contribution in [0, 0.1) is 0 Å². The Bertz CT molecular complexity index is 576. The number of carbonyl (C=O) groups is 2. The highest BCUT2D eigenvalue weighted by Gasteiger charge is 2.26. The normalized spacial score (nSPS) is 20.8. The molecule has 1 saturated heterocycles. The largest absolute Gasteiger partial charge is 0.378 e. The number of nitrogens with zero attached hydrogens (tertiary/aromatic N) is 1. The molecular formula is C18H23NO3. The van der Waals surface area contributed by atoms with Crippen LogP contribution >= 0.6 is 0 Å². The third-order valence-electron chi connectivity index (χ3n) is 4.72. The van der Waals surface area contributed by atoms with E-state index in [0.29, 0.717) is 24.9 Å². The van der Waals surface area contributed by atoms with Gasteiger partial charge in [0.25, 0.3) is 5.91 Å². The molecule has 1 fully saturated rings. The standard InChI is InChI=1S/C18H23NO3/c1-19(11-10-13-5-2-3-12-22-13)18(21)16-7-4-6-15-14(16)8-9-17(15)20/h4,6-7,13H,2-3,5,8-12H2,1H3. The number of fused-ring (bicyclic) bond motifs is 1. The molecule has 1 unspecified atom stereocenters. The van der Waals surface area contributed by atoms with Crippen LogP contribution in [0.1, 0.15) is 58.4 Å². The number of benzene rings is 1. The first-order valence-electron chi connectivity index (χ1n) is 8.19. The first kappa shape index (κ1) is 15.2. The van der Waals surface area contributed by atoms with Gasteiger partial charge >= 0.3 is 0 Å². The predicted octanol–water partition coefficient (Wildman–Crippen LogP) is 2.85. The van der Waals surface area contributed by atoms with Crippen molar-refractivity contribution in [3.8, 4) is 0 Å². The maximum absolute atomic E-state index is 12.7. The third kappa shape index (κ3) is 3.07. The van der Waals surface area contributed by atoms with Crippen LogP contribution in [0.2, 0.25) is 0 Å². The van der Waals surface area contributed by atoms with E-state index in [1.807, 2.05) is 25.2 Å². The van der Waals surface area contributed by atoms with Gasteiger partial charge in [0.2, 0.25) is 0 Å². The number of ketones is 1. The number of rotatable bonds is 4. The van der Waals surface area contributed by atoms with Crippen molar-refractivity contribution in [1.82, 2.24) is 4.90 Å². The molecule has 3 rings (SSSR count). The summed E-state index contributed by atoms with van der Waals surface area (Å²) in [5, 5.41) is 0. The van der Waals surface area contributed by atoms with Gasteiger partial charge in [0.05, 0.1) is 6.10 Å². The van der Waals surface area contributed by atoms with Crippen LogP contribution in [0.15, 0.2) is 18.2 Å². The molecule has 1 amide bonds. The average molecular weight is 301 g/mol. The van der Waals surface area contributed by atoms with Crippen molar-refractivity contribution < 1.29 is 14.3 Å². The summed E-state index contributed by atoms with van der Waals surface area (Å²) in [6.07, 6.45) is 5.85. The van der Waals surface area contributed by atoms with Crippen LogP contribution in [-0.4, -0.2) is 42.9 Å². The van der Waals surface area contributed by atoms with Crippen LogP contribution in [-0.2, 0) is 11.2 Å². The minimum Gasteiger partial charge on any atom is -0.378 e. The van der Waals surface area contributed by atoms with Crippen molar-refractivity contribution in [3.63, 3.8) is 0 Å². The highest BCUT2D eigenvalue weighted by molar-refractivity contribution is 6.05. The summed E-state index contributed by atoms with van der Waals surface area (Å²) in [7, 11) is 1.83. The van der Waals surface area contributed by atoms with E-state index in [1.54, 1.807) is 4.90 Å². The van der Waals surface area contributed by atoms with Gasteiger partial charge in [-0.15, -0.1) is 0 Å². The van der Waals surface area contributed by atoms with Crippen molar-refractivity contribution in [2.45, 2.75) is 44.6 Å². The van der Waals surface area contributed by atoms with Crippen LogP contribution in [0.25, 0.3) is 0 Å². The molecule has 118 valence electrons. The third-order valence-corrected chi connectivity index (χ3v) is 4.72. The van der Waals surface area contributed by atoms with Gasteiger partial charge in [-0.3, -0.25) is 9.59 Å². The molecular weight excluding hydrogens is 278 g/mol. The fourth-order valence-corrected chi connectivity index (χ4v) is 3.37. The maximum atomic E-state index is 12.7. The second-order valence-corrected chi connectivity index (χ2v) is 6.26. The number of hydrogen-bond donors (Lipinski definition) is 0. The lowest BCUT2D eigenvalue weighted by Gasteiger charge is -2.25. The van der Waals surface area contributed by atoms with E-state index < -0.39 is 0 Å². The molecule has 4 nitrogen and oxygen atoms in total. The first-order valence-corrected chi connectivity index (χ1v) is 8.19. The van der Waals surface area contributed by atoms with Gasteiger partial charge in [-0.1, -0.05) is 12.1 Å². The zero-order valence-electron chi connectivity index (χ0n) is 13.1. The van der Waals surface area contributed by atoms with Crippen LogP contribution in [0.5, 0.6) is 0 Å². The summed E-state index contributed by atoms with van der Waals surface area (Å²) >= 11 is 0. The molecule has 1 aromatic carbocycles. The van der Waals surface area contributed by atoms with E-state index in [2.05, 4.69) is 0 Å². The van der Waals surface area contributed by atoms with E-state index in [1.165, 1.54) is 6.42 Å². The summed E-state index contributed by atoms with van der Waals surface area (Å²) in [4.78, 5) is 26.2. The summed E-state index contributed by atoms with van der Waals surface area (Å²) in [6, 6.07) is 5.48. The Morgan fingerprint density at radius 2 is 2.18 bits per heavy atom. The van der Waals surface area contributed by atoms with E-state index in [-0.39, 0.29) is 17.8 Å². The Morgan fingerprint density at radius 3 is 2.95 bits per heavy atom. The topological polar surface area (TPSA) is 46.6 Å². The molecule has 1 aromatic rings. The predicted molar refractivity (Wildman–Crippen MR) is 84.3 cm³/mol. The van der Waals surface area contributed by atoms with Crippen LogP contribution in [0.3, 0.4) is 0 Å². The molecule has 1 heterocycles. The molecule has 22 heavy (non-hydrogen) atoms. The zero-order chi connectivity index (χ0) is 15.5. The lowest BCUT2D eigenvalue weighted by molar-refractivity contribution is 0.00708. The fraction of sp³-hybridized carbons (Fsp3) is 0.556. The Labute approximate surface area is 131 Å². The molecule has 0 radical (unpaired) electrons. The molecule has 4 heteroatoms. The number of Topliss-reactive ketones (excluding diaryl/α,β-unsaturated/α-hetero) is 1. The van der Waals surface area contributed by atoms with Gasteiger partial charge < -0.3 is 9.64 Å². The lowest BCUT2D eigenvalue weighted by atomic mass is 10.0. The summed E-state index contributed by atoms with van der Waals surface area (Å²) in [5.41, 5.74) is 2.35. The molecule has 0 bridgehead atoms. The summed E-state index contributed by atoms with van der Waals surface area (Å²) in [6.45, 7) is 1.54. The zero-order valence-corrected chi connectivity index (χ0v) is 13.1. The number of amides is 1. The molecule has 1 aliphatic carbocycles. The molecule has 0 aromatic heterocycles. The average Bonchev–Trinajstić information content (AvgIpc) is 2.94. The minimum absolute atomic E-state index is 0.0161. The SMILES string of the molecule is CN(CCC1CCCCO1)C(=O)c1cccc2c1CCC2=O. The minimum atomic E-state index is 0.0161. The Morgan fingerprint density at radius 1 is 1.32 bits per heavy atom. The molecule has 1 aliphatic heterocycles. The molecule has 0 spiro atoms. The van der Waals surface area contributed by atoms with E-state index >= 15 is 0 Å². The molecule has 1 atom stereocenters.